The fourth-order valence-electron chi connectivity index (χ4n) is 0. The van der Waals surface area contributed by atoms with E-state index in [9.17, 15) is 0 Å². The van der Waals surface area contributed by atoms with Crippen LogP contribution < -0.4 is 11.5 Å². The van der Waals surface area contributed by atoms with Gasteiger partial charge in [-0.05, 0) is 0 Å². The second-order valence-electron chi connectivity index (χ2n) is 0.752. The third kappa shape index (κ3) is 8.82. The van der Waals surface area contributed by atoms with Gasteiger partial charge in [-0.2, -0.15) is 0 Å². The number of nitrogens with two attached hydrogens (primary N) is 2. The number of rotatable bonds is 1. The second kappa shape index (κ2) is 5.50. The number of halogens is 2. The molecule has 1 unspecified atom stereocenters. The predicted molar refractivity (Wildman–Crippen MR) is 30.1 cm³/mol. The molecule has 0 aromatic carbocycles. The van der Waals surface area contributed by atoms with Gasteiger partial charge in [0.2, 0.25) is 0 Å². The van der Waals surface area contributed by atoms with Crippen molar-refractivity contribution in [1.82, 2.24) is 0 Å². The molecule has 0 aliphatic heterocycles. The highest BCUT2D eigenvalue weighted by molar-refractivity contribution is 6.20. The second-order valence-corrected chi connectivity index (χ2v) is 1.31. The first-order chi connectivity index (χ1) is 2.27. The van der Waals surface area contributed by atoms with Crippen molar-refractivity contribution >= 4 is 24.0 Å². The molecular formula is C2H8Cl2N2. The van der Waals surface area contributed by atoms with E-state index in [4.69, 9.17) is 23.1 Å². The van der Waals surface area contributed by atoms with Crippen LogP contribution in [0.2, 0.25) is 0 Å². The Bertz CT molecular complexity index is 23.5. The summed E-state index contributed by atoms with van der Waals surface area (Å²) in [6.45, 7) is 0.349. The zero-order valence-corrected chi connectivity index (χ0v) is 4.80. The molecule has 0 aliphatic rings. The average Bonchev–Trinajstić information content (AvgIpc) is 1.38. The molecule has 0 saturated carbocycles. The highest BCUT2D eigenvalue weighted by Crippen LogP contribution is 1.74. The van der Waals surface area contributed by atoms with E-state index < -0.39 is 0 Å². The van der Waals surface area contributed by atoms with Crippen molar-refractivity contribution in [3.63, 3.8) is 0 Å². The van der Waals surface area contributed by atoms with Gasteiger partial charge in [0, 0.05) is 6.54 Å². The van der Waals surface area contributed by atoms with Crippen molar-refractivity contribution in [3.05, 3.63) is 0 Å². The molecule has 0 aromatic rings. The number of hydrogen-bond acceptors (Lipinski definition) is 2. The smallest absolute Gasteiger partial charge is 0.0924 e. The topological polar surface area (TPSA) is 52.0 Å². The summed E-state index contributed by atoms with van der Waals surface area (Å²) in [5, 5.41) is 0. The zero-order chi connectivity index (χ0) is 4.28. The normalized spacial score (nSPS) is 12.5. The third-order valence-electron chi connectivity index (χ3n) is 0.225. The van der Waals surface area contributed by atoms with E-state index in [1.165, 1.54) is 0 Å². The minimum Gasteiger partial charge on any atom is -0.328 e. The summed E-state index contributed by atoms with van der Waals surface area (Å²) in [6, 6.07) is 0. The standard InChI is InChI=1S/C2H7ClN2.ClH/c3-2(5)1-4;/h2H,1,4-5H2;1H. The van der Waals surface area contributed by atoms with Crippen LogP contribution in [0.1, 0.15) is 0 Å². The number of hydrogen-bond donors (Lipinski definition) is 2. The minimum absolute atomic E-state index is 0. The van der Waals surface area contributed by atoms with Crippen LogP contribution in [0, 0.1) is 0 Å². The Morgan fingerprint density at radius 1 is 1.67 bits per heavy atom. The molecule has 0 radical (unpaired) electrons. The zero-order valence-electron chi connectivity index (χ0n) is 3.23. The maximum atomic E-state index is 5.11. The van der Waals surface area contributed by atoms with E-state index >= 15 is 0 Å². The summed E-state index contributed by atoms with van der Waals surface area (Å²) in [5.74, 6) is 0. The lowest BCUT2D eigenvalue weighted by Crippen LogP contribution is -2.22. The first-order valence-electron chi connectivity index (χ1n) is 1.37. The van der Waals surface area contributed by atoms with Crippen LogP contribution in [-0.2, 0) is 0 Å². The largest absolute Gasteiger partial charge is 0.328 e. The molecule has 0 rings (SSSR count). The molecule has 2 nitrogen and oxygen atoms in total. The van der Waals surface area contributed by atoms with Crippen LogP contribution in [-0.4, -0.2) is 12.0 Å². The molecule has 4 N–H and O–H groups in total. The van der Waals surface area contributed by atoms with Gasteiger partial charge in [-0.15, -0.1) is 24.0 Å². The third-order valence-corrected chi connectivity index (χ3v) is 0.403. The molecule has 0 bridgehead atoms. The van der Waals surface area contributed by atoms with E-state index in [-0.39, 0.29) is 17.9 Å². The molecule has 1 atom stereocenters. The maximum Gasteiger partial charge on any atom is 0.0924 e. The van der Waals surface area contributed by atoms with Gasteiger partial charge in [0.25, 0.3) is 0 Å². The SMILES string of the molecule is Cl.NCC(N)Cl. The molecule has 0 saturated heterocycles. The van der Waals surface area contributed by atoms with Gasteiger partial charge in [-0.3, -0.25) is 0 Å². The fourth-order valence-corrected chi connectivity index (χ4v) is 0. The Hall–Kier alpha value is 0.500. The lowest BCUT2D eigenvalue weighted by atomic mass is 10.7. The first-order valence-corrected chi connectivity index (χ1v) is 1.80. The van der Waals surface area contributed by atoms with E-state index in [2.05, 4.69) is 0 Å². The summed E-state index contributed by atoms with van der Waals surface area (Å²) < 4.78 is 0. The van der Waals surface area contributed by atoms with Gasteiger partial charge in [0.1, 0.15) is 0 Å². The van der Waals surface area contributed by atoms with Crippen LogP contribution in [0.15, 0.2) is 0 Å². The minimum atomic E-state index is -0.366. The maximum absolute atomic E-state index is 5.11. The Morgan fingerprint density at radius 3 is 1.83 bits per heavy atom. The van der Waals surface area contributed by atoms with Crippen LogP contribution in [0.25, 0.3) is 0 Å². The van der Waals surface area contributed by atoms with Crippen molar-refractivity contribution in [3.8, 4) is 0 Å². The van der Waals surface area contributed by atoms with Gasteiger partial charge >= 0.3 is 0 Å². The van der Waals surface area contributed by atoms with Gasteiger partial charge in [-0.25, -0.2) is 0 Å². The van der Waals surface area contributed by atoms with Gasteiger partial charge in [0.15, 0.2) is 0 Å². The van der Waals surface area contributed by atoms with E-state index in [0.29, 0.717) is 6.54 Å². The summed E-state index contributed by atoms with van der Waals surface area (Å²) in [6.07, 6.45) is 0. The summed E-state index contributed by atoms with van der Waals surface area (Å²) >= 11 is 5.11. The van der Waals surface area contributed by atoms with Gasteiger partial charge in [0.05, 0.1) is 5.50 Å². The lowest BCUT2D eigenvalue weighted by molar-refractivity contribution is 0.901. The van der Waals surface area contributed by atoms with E-state index in [1.807, 2.05) is 0 Å². The molecule has 0 spiro atoms. The summed E-state index contributed by atoms with van der Waals surface area (Å²) in [4.78, 5) is 0. The van der Waals surface area contributed by atoms with E-state index in [1.54, 1.807) is 0 Å². The van der Waals surface area contributed by atoms with Crippen LogP contribution >= 0.6 is 24.0 Å². The van der Waals surface area contributed by atoms with Crippen molar-refractivity contribution in [2.75, 3.05) is 6.54 Å². The Balaban J connectivity index is 0. The molecule has 6 heavy (non-hydrogen) atoms. The fraction of sp³-hybridized carbons (Fsp3) is 1.00. The quantitative estimate of drug-likeness (QED) is 0.385. The van der Waals surface area contributed by atoms with Crippen molar-refractivity contribution in [2.24, 2.45) is 11.5 Å². The Kier molecular flexibility index (Phi) is 8.90. The van der Waals surface area contributed by atoms with Gasteiger partial charge < -0.3 is 11.5 Å². The van der Waals surface area contributed by atoms with Crippen molar-refractivity contribution in [2.45, 2.75) is 5.50 Å². The average molecular weight is 131 g/mol. The summed E-state index contributed by atoms with van der Waals surface area (Å²) in [7, 11) is 0. The monoisotopic (exact) mass is 130 g/mol. The van der Waals surface area contributed by atoms with Crippen molar-refractivity contribution < 1.29 is 0 Å². The molecular weight excluding hydrogens is 123 g/mol. The molecule has 0 fully saturated rings. The molecule has 4 heteroatoms. The molecule has 0 amide bonds. The molecule has 0 aliphatic carbocycles. The predicted octanol–water partition coefficient (Wildman–Crippen LogP) is -0.110. The molecule has 0 aromatic heterocycles. The van der Waals surface area contributed by atoms with E-state index in [0.717, 1.165) is 0 Å². The Morgan fingerprint density at radius 2 is 1.83 bits per heavy atom. The first kappa shape index (κ1) is 9.71. The van der Waals surface area contributed by atoms with Crippen LogP contribution in [0.4, 0.5) is 0 Å². The molecule has 40 valence electrons. The Labute approximate surface area is 48.2 Å². The van der Waals surface area contributed by atoms with Crippen LogP contribution in [0.3, 0.4) is 0 Å². The highest BCUT2D eigenvalue weighted by atomic mass is 35.5. The van der Waals surface area contributed by atoms with Gasteiger partial charge in [-0.1, -0.05) is 0 Å². The van der Waals surface area contributed by atoms with Crippen LogP contribution in [0.5, 0.6) is 0 Å². The highest BCUT2D eigenvalue weighted by Gasteiger charge is 1.83. The summed E-state index contributed by atoms with van der Waals surface area (Å²) in [5.41, 5.74) is 9.48. The van der Waals surface area contributed by atoms with Crippen molar-refractivity contribution in [1.29, 1.82) is 0 Å². The lowest BCUT2D eigenvalue weighted by Gasteiger charge is -1.89. The number of alkyl halides is 1. The molecule has 0 heterocycles.